The molecule has 112 valence electrons. The predicted molar refractivity (Wildman–Crippen MR) is 89.9 cm³/mol. The molecule has 0 aliphatic carbocycles. The van der Waals surface area contributed by atoms with Crippen molar-refractivity contribution in [3.05, 3.63) is 58.1 Å². The highest BCUT2D eigenvalue weighted by Gasteiger charge is 2.10. The number of halogens is 1. The van der Waals surface area contributed by atoms with Crippen LogP contribution in [-0.4, -0.2) is 5.11 Å². The zero-order valence-electron chi connectivity index (χ0n) is 12.5. The van der Waals surface area contributed by atoms with Gasteiger partial charge in [-0.1, -0.05) is 47.5 Å². The first-order chi connectivity index (χ1) is 10.1. The Labute approximate surface area is 134 Å². The minimum Gasteiger partial charge on any atom is -0.457 e. The molecule has 0 bridgehead atoms. The Morgan fingerprint density at radius 2 is 1.86 bits per heavy atom. The van der Waals surface area contributed by atoms with Crippen molar-refractivity contribution in [3.8, 4) is 11.5 Å². The second kappa shape index (κ2) is 7.62. The number of aryl methyl sites for hydroxylation is 1. The van der Waals surface area contributed by atoms with Crippen LogP contribution in [0.15, 0.2) is 46.9 Å². The number of unbranched alkanes of at least 4 members (excludes halogenated alkanes) is 1. The summed E-state index contributed by atoms with van der Waals surface area (Å²) in [6.07, 6.45) is 2.95. The lowest BCUT2D eigenvalue weighted by Gasteiger charge is -2.14. The third kappa shape index (κ3) is 4.58. The molecule has 0 saturated heterocycles. The summed E-state index contributed by atoms with van der Waals surface area (Å²) in [7, 11) is 0. The van der Waals surface area contributed by atoms with Gasteiger partial charge in [-0.05, 0) is 49.6 Å². The molecule has 0 aliphatic rings. The zero-order chi connectivity index (χ0) is 15.2. The van der Waals surface area contributed by atoms with Crippen molar-refractivity contribution >= 4 is 15.9 Å². The van der Waals surface area contributed by atoms with E-state index in [4.69, 9.17) is 4.74 Å². The summed E-state index contributed by atoms with van der Waals surface area (Å²) in [5, 5.41) is 9.82. The van der Waals surface area contributed by atoms with Crippen molar-refractivity contribution in [2.24, 2.45) is 0 Å². The molecule has 1 N–H and O–H groups in total. The number of hydrogen-bond donors (Lipinski definition) is 1. The summed E-state index contributed by atoms with van der Waals surface area (Å²) >= 11 is 3.44. The molecule has 2 aromatic rings. The first-order valence-corrected chi connectivity index (χ1v) is 8.13. The second-order valence-corrected chi connectivity index (χ2v) is 6.12. The minimum atomic E-state index is -0.558. The minimum absolute atomic E-state index is 0.558. The van der Waals surface area contributed by atoms with E-state index in [0.29, 0.717) is 5.75 Å². The van der Waals surface area contributed by atoms with Crippen molar-refractivity contribution in [1.82, 2.24) is 0 Å². The molecule has 0 heterocycles. The fourth-order valence-electron chi connectivity index (χ4n) is 2.17. The molecule has 0 radical (unpaired) electrons. The quantitative estimate of drug-likeness (QED) is 0.732. The predicted octanol–water partition coefficient (Wildman–Crippen LogP) is 5.64. The Morgan fingerprint density at radius 1 is 1.14 bits per heavy atom. The highest BCUT2D eigenvalue weighted by molar-refractivity contribution is 9.10. The molecular weight excluding hydrogens is 328 g/mol. The van der Waals surface area contributed by atoms with Gasteiger partial charge in [0.2, 0.25) is 0 Å². The van der Waals surface area contributed by atoms with E-state index in [2.05, 4.69) is 35.0 Å². The molecule has 2 rings (SSSR count). The van der Waals surface area contributed by atoms with E-state index >= 15 is 0 Å². The van der Waals surface area contributed by atoms with Gasteiger partial charge in [-0.25, -0.2) is 0 Å². The molecule has 0 aromatic heterocycles. The van der Waals surface area contributed by atoms with Gasteiger partial charge in [0, 0.05) is 10.0 Å². The van der Waals surface area contributed by atoms with Gasteiger partial charge in [0.15, 0.2) is 0 Å². The smallest absolute Gasteiger partial charge is 0.134 e. The summed E-state index contributed by atoms with van der Waals surface area (Å²) in [6.45, 7) is 3.94. The molecule has 2 aromatic carbocycles. The topological polar surface area (TPSA) is 29.5 Å². The molecule has 21 heavy (non-hydrogen) atoms. The highest BCUT2D eigenvalue weighted by Crippen LogP contribution is 2.32. The van der Waals surface area contributed by atoms with Crippen molar-refractivity contribution in [1.29, 1.82) is 0 Å². The lowest BCUT2D eigenvalue weighted by molar-refractivity contribution is 0.195. The molecule has 0 amide bonds. The van der Waals surface area contributed by atoms with Crippen LogP contribution in [0.4, 0.5) is 0 Å². The summed E-state index contributed by atoms with van der Waals surface area (Å²) in [5.41, 5.74) is 2.11. The average molecular weight is 349 g/mol. The first-order valence-electron chi connectivity index (χ1n) is 7.34. The Balaban J connectivity index is 2.16. The Kier molecular flexibility index (Phi) is 5.83. The molecule has 2 nitrogen and oxygen atoms in total. The van der Waals surface area contributed by atoms with E-state index in [1.807, 2.05) is 30.3 Å². The molecular formula is C18H21BrO2. The Bertz CT molecular complexity index is 576. The van der Waals surface area contributed by atoms with Gasteiger partial charge in [0.1, 0.15) is 11.5 Å². The number of benzene rings is 2. The number of ether oxygens (including phenoxy) is 1. The largest absolute Gasteiger partial charge is 0.457 e. The normalized spacial score (nSPS) is 12.2. The zero-order valence-corrected chi connectivity index (χ0v) is 14.1. The molecule has 0 spiro atoms. The Morgan fingerprint density at radius 3 is 2.48 bits per heavy atom. The molecule has 0 aliphatic heterocycles. The summed E-state index contributed by atoms with van der Waals surface area (Å²) < 4.78 is 6.85. The van der Waals surface area contributed by atoms with E-state index in [0.717, 1.165) is 22.2 Å². The van der Waals surface area contributed by atoms with Gasteiger partial charge in [-0.3, -0.25) is 0 Å². The van der Waals surface area contributed by atoms with Crippen molar-refractivity contribution < 1.29 is 9.84 Å². The summed E-state index contributed by atoms with van der Waals surface area (Å²) in [6, 6.07) is 13.8. The maximum Gasteiger partial charge on any atom is 0.134 e. The van der Waals surface area contributed by atoms with E-state index in [-0.39, 0.29) is 0 Å². The van der Waals surface area contributed by atoms with E-state index < -0.39 is 6.10 Å². The second-order valence-electron chi connectivity index (χ2n) is 5.21. The lowest BCUT2D eigenvalue weighted by Crippen LogP contribution is -1.96. The fourth-order valence-corrected chi connectivity index (χ4v) is 2.51. The summed E-state index contributed by atoms with van der Waals surface area (Å²) in [4.78, 5) is 0. The van der Waals surface area contributed by atoms with Crippen LogP contribution < -0.4 is 4.74 Å². The van der Waals surface area contributed by atoms with Gasteiger partial charge in [-0.2, -0.15) is 0 Å². The number of aliphatic hydroxyl groups is 1. The van der Waals surface area contributed by atoms with Gasteiger partial charge in [0.25, 0.3) is 0 Å². The number of aliphatic hydroxyl groups excluding tert-OH is 1. The van der Waals surface area contributed by atoms with Gasteiger partial charge in [-0.15, -0.1) is 0 Å². The van der Waals surface area contributed by atoms with Crippen molar-refractivity contribution in [2.75, 3.05) is 0 Å². The van der Waals surface area contributed by atoms with Crippen LogP contribution >= 0.6 is 15.9 Å². The molecule has 0 fully saturated rings. The number of hydrogen-bond acceptors (Lipinski definition) is 2. The van der Waals surface area contributed by atoms with Crippen LogP contribution in [0.3, 0.4) is 0 Å². The van der Waals surface area contributed by atoms with E-state index in [9.17, 15) is 5.11 Å². The Hall–Kier alpha value is -1.32. The molecule has 1 unspecified atom stereocenters. The maximum absolute atomic E-state index is 9.82. The average Bonchev–Trinajstić information content (AvgIpc) is 2.46. The first kappa shape index (κ1) is 16.1. The van der Waals surface area contributed by atoms with E-state index in [1.54, 1.807) is 6.92 Å². The maximum atomic E-state index is 9.82. The van der Waals surface area contributed by atoms with Gasteiger partial charge in [0.05, 0.1) is 6.10 Å². The lowest BCUT2D eigenvalue weighted by atomic mass is 10.1. The fraction of sp³-hybridized carbons (Fsp3) is 0.333. The van der Waals surface area contributed by atoms with Gasteiger partial charge >= 0.3 is 0 Å². The molecule has 1 atom stereocenters. The van der Waals surface area contributed by atoms with Crippen molar-refractivity contribution in [3.63, 3.8) is 0 Å². The highest BCUT2D eigenvalue weighted by atomic mass is 79.9. The van der Waals surface area contributed by atoms with E-state index in [1.165, 1.54) is 18.4 Å². The number of rotatable bonds is 6. The SMILES string of the molecule is CCCCc1ccc(Oc2cc(Br)ccc2C(C)O)cc1. The summed E-state index contributed by atoms with van der Waals surface area (Å²) in [5.74, 6) is 1.47. The van der Waals surface area contributed by atoms with Crippen molar-refractivity contribution in [2.45, 2.75) is 39.2 Å². The van der Waals surface area contributed by atoms with Crippen LogP contribution in [0.5, 0.6) is 11.5 Å². The van der Waals surface area contributed by atoms with Crippen LogP contribution in [0, 0.1) is 0 Å². The monoisotopic (exact) mass is 348 g/mol. The standard InChI is InChI=1S/C18H21BrO2/c1-3-4-5-14-6-9-16(10-7-14)21-18-12-15(19)8-11-17(18)13(2)20/h6-13,20H,3-5H2,1-2H3. The van der Waals surface area contributed by atoms with Crippen LogP contribution in [0.2, 0.25) is 0 Å². The van der Waals surface area contributed by atoms with Crippen LogP contribution in [0.25, 0.3) is 0 Å². The van der Waals surface area contributed by atoms with Gasteiger partial charge < -0.3 is 9.84 Å². The molecule has 3 heteroatoms. The third-order valence-corrected chi connectivity index (χ3v) is 3.89. The van der Waals surface area contributed by atoms with Crippen LogP contribution in [0.1, 0.15) is 43.9 Å². The molecule has 0 saturated carbocycles. The third-order valence-electron chi connectivity index (χ3n) is 3.40. The van der Waals surface area contributed by atoms with Crippen LogP contribution in [-0.2, 0) is 6.42 Å².